The van der Waals surface area contributed by atoms with E-state index in [1.807, 2.05) is 12.1 Å². The largest absolute Gasteiger partial charge is 0.453 e. The van der Waals surface area contributed by atoms with Gasteiger partial charge in [0.1, 0.15) is 5.76 Å². The summed E-state index contributed by atoms with van der Waals surface area (Å²) in [5.41, 5.74) is 0. The molecule has 1 unspecified atom stereocenters. The van der Waals surface area contributed by atoms with E-state index in [9.17, 15) is 0 Å². The van der Waals surface area contributed by atoms with Crippen molar-refractivity contribution in [2.45, 2.75) is 25.9 Å². The molecule has 15 heavy (non-hydrogen) atoms. The Morgan fingerprint density at radius 1 is 1.53 bits per heavy atom. The lowest BCUT2D eigenvalue weighted by Crippen LogP contribution is -2.34. The molecule has 4 heteroatoms. The standard InChI is InChI=1S/C11H16BrNO2/c1-9-8-14-6-2-5-13(9)7-10-3-4-11(12)15-10/h3-4,9H,2,5-8H2,1H3. The fourth-order valence-corrected chi connectivity index (χ4v) is 2.16. The van der Waals surface area contributed by atoms with E-state index in [4.69, 9.17) is 9.15 Å². The van der Waals surface area contributed by atoms with Gasteiger partial charge in [-0.05, 0) is 41.4 Å². The van der Waals surface area contributed by atoms with E-state index in [1.165, 1.54) is 0 Å². The van der Waals surface area contributed by atoms with Gasteiger partial charge in [-0.3, -0.25) is 4.90 Å². The number of ether oxygens (including phenoxy) is 1. The molecule has 84 valence electrons. The van der Waals surface area contributed by atoms with Crippen LogP contribution in [0.4, 0.5) is 0 Å². The van der Waals surface area contributed by atoms with Crippen molar-refractivity contribution in [3.63, 3.8) is 0 Å². The molecule has 1 aliphatic heterocycles. The van der Waals surface area contributed by atoms with Crippen molar-refractivity contribution in [2.24, 2.45) is 0 Å². The fraction of sp³-hybridized carbons (Fsp3) is 0.636. The van der Waals surface area contributed by atoms with Gasteiger partial charge in [-0.25, -0.2) is 0 Å². The Morgan fingerprint density at radius 2 is 2.40 bits per heavy atom. The number of rotatable bonds is 2. The zero-order chi connectivity index (χ0) is 10.7. The van der Waals surface area contributed by atoms with Crippen molar-refractivity contribution < 1.29 is 9.15 Å². The van der Waals surface area contributed by atoms with Crippen LogP contribution in [0.2, 0.25) is 0 Å². The van der Waals surface area contributed by atoms with Crippen LogP contribution in [0.25, 0.3) is 0 Å². The van der Waals surface area contributed by atoms with E-state index in [2.05, 4.69) is 27.8 Å². The van der Waals surface area contributed by atoms with Gasteiger partial charge >= 0.3 is 0 Å². The summed E-state index contributed by atoms with van der Waals surface area (Å²) in [6.45, 7) is 5.85. The van der Waals surface area contributed by atoms with Gasteiger partial charge in [-0.1, -0.05) is 0 Å². The zero-order valence-corrected chi connectivity index (χ0v) is 10.5. The Labute approximate surface area is 98.5 Å². The third-order valence-corrected chi connectivity index (χ3v) is 3.13. The normalized spacial score (nSPS) is 24.0. The highest BCUT2D eigenvalue weighted by Crippen LogP contribution is 2.18. The van der Waals surface area contributed by atoms with Gasteiger partial charge in [0.25, 0.3) is 0 Å². The first kappa shape index (κ1) is 11.2. The summed E-state index contributed by atoms with van der Waals surface area (Å²) in [5.74, 6) is 1.01. The second-order valence-electron chi connectivity index (χ2n) is 3.95. The topological polar surface area (TPSA) is 25.6 Å². The third-order valence-electron chi connectivity index (χ3n) is 2.70. The Hall–Kier alpha value is -0.320. The van der Waals surface area contributed by atoms with Gasteiger partial charge in [0.2, 0.25) is 0 Å². The average Bonchev–Trinajstić information content (AvgIpc) is 2.50. The first-order chi connectivity index (χ1) is 7.25. The van der Waals surface area contributed by atoms with Crippen molar-refractivity contribution in [3.05, 3.63) is 22.6 Å². The van der Waals surface area contributed by atoms with Crippen LogP contribution in [0.5, 0.6) is 0 Å². The lowest BCUT2D eigenvalue weighted by Gasteiger charge is -2.24. The highest BCUT2D eigenvalue weighted by molar-refractivity contribution is 9.10. The summed E-state index contributed by atoms with van der Waals surface area (Å²) >= 11 is 3.32. The maximum Gasteiger partial charge on any atom is 0.169 e. The average molecular weight is 274 g/mol. The van der Waals surface area contributed by atoms with Crippen LogP contribution in [0.1, 0.15) is 19.1 Å². The van der Waals surface area contributed by atoms with Crippen LogP contribution >= 0.6 is 15.9 Å². The minimum absolute atomic E-state index is 0.469. The molecule has 0 amide bonds. The van der Waals surface area contributed by atoms with Crippen LogP contribution in [-0.2, 0) is 11.3 Å². The van der Waals surface area contributed by atoms with Gasteiger partial charge in [0.05, 0.1) is 13.2 Å². The fourth-order valence-electron chi connectivity index (χ4n) is 1.82. The maximum atomic E-state index is 5.51. The van der Waals surface area contributed by atoms with Gasteiger partial charge < -0.3 is 9.15 Å². The van der Waals surface area contributed by atoms with Crippen molar-refractivity contribution in [1.29, 1.82) is 0 Å². The molecule has 1 atom stereocenters. The van der Waals surface area contributed by atoms with Crippen LogP contribution in [-0.4, -0.2) is 30.7 Å². The van der Waals surface area contributed by atoms with Crippen LogP contribution in [0.3, 0.4) is 0 Å². The molecule has 0 spiro atoms. The molecule has 2 rings (SSSR count). The van der Waals surface area contributed by atoms with E-state index in [0.29, 0.717) is 6.04 Å². The lowest BCUT2D eigenvalue weighted by molar-refractivity contribution is 0.102. The molecule has 0 aliphatic carbocycles. The van der Waals surface area contributed by atoms with Crippen LogP contribution in [0.15, 0.2) is 21.2 Å². The van der Waals surface area contributed by atoms with E-state index in [-0.39, 0.29) is 0 Å². The highest BCUT2D eigenvalue weighted by atomic mass is 79.9. The molecule has 1 saturated heterocycles. The van der Waals surface area contributed by atoms with Crippen molar-refractivity contribution >= 4 is 15.9 Å². The second-order valence-corrected chi connectivity index (χ2v) is 4.74. The van der Waals surface area contributed by atoms with Crippen molar-refractivity contribution in [1.82, 2.24) is 4.90 Å². The molecule has 1 aliphatic rings. The summed E-state index contributed by atoms with van der Waals surface area (Å²) in [6, 6.07) is 4.42. The predicted octanol–water partition coefficient (Wildman–Crippen LogP) is 2.65. The molecular weight excluding hydrogens is 258 g/mol. The molecule has 1 aromatic rings. The Kier molecular flexibility index (Phi) is 3.83. The summed E-state index contributed by atoms with van der Waals surface area (Å²) < 4.78 is 11.8. The summed E-state index contributed by atoms with van der Waals surface area (Å²) in [5, 5.41) is 0. The van der Waals surface area contributed by atoms with Gasteiger partial charge in [0.15, 0.2) is 4.67 Å². The SMILES string of the molecule is CC1COCCCN1Cc1ccc(Br)o1. The molecule has 0 aromatic carbocycles. The van der Waals surface area contributed by atoms with E-state index in [1.54, 1.807) is 0 Å². The lowest BCUT2D eigenvalue weighted by atomic mass is 10.2. The van der Waals surface area contributed by atoms with Gasteiger partial charge in [-0.2, -0.15) is 0 Å². The summed E-state index contributed by atoms with van der Waals surface area (Å²) in [4.78, 5) is 2.40. The second kappa shape index (κ2) is 5.14. The van der Waals surface area contributed by atoms with Crippen molar-refractivity contribution in [3.8, 4) is 0 Å². The molecule has 2 heterocycles. The molecule has 0 bridgehead atoms. The maximum absolute atomic E-state index is 5.51. The number of hydrogen-bond acceptors (Lipinski definition) is 3. The third kappa shape index (κ3) is 3.06. The first-order valence-electron chi connectivity index (χ1n) is 5.32. The minimum atomic E-state index is 0.469. The molecular formula is C11H16BrNO2. The van der Waals surface area contributed by atoms with Gasteiger partial charge in [-0.15, -0.1) is 0 Å². The smallest absolute Gasteiger partial charge is 0.169 e. The highest BCUT2D eigenvalue weighted by Gasteiger charge is 2.18. The van der Waals surface area contributed by atoms with E-state index < -0.39 is 0 Å². The molecule has 1 aromatic heterocycles. The molecule has 1 fully saturated rings. The number of hydrogen-bond donors (Lipinski definition) is 0. The first-order valence-corrected chi connectivity index (χ1v) is 6.11. The van der Waals surface area contributed by atoms with E-state index in [0.717, 1.165) is 43.2 Å². The number of furan rings is 1. The zero-order valence-electron chi connectivity index (χ0n) is 8.91. The Morgan fingerprint density at radius 3 is 3.13 bits per heavy atom. The van der Waals surface area contributed by atoms with Crippen molar-refractivity contribution in [2.75, 3.05) is 19.8 Å². The molecule has 0 saturated carbocycles. The molecule has 3 nitrogen and oxygen atoms in total. The summed E-state index contributed by atoms with van der Waals surface area (Å²) in [6.07, 6.45) is 1.10. The number of halogens is 1. The Bertz CT molecular complexity index is 313. The summed E-state index contributed by atoms with van der Waals surface area (Å²) in [7, 11) is 0. The minimum Gasteiger partial charge on any atom is -0.453 e. The quantitative estimate of drug-likeness (QED) is 0.829. The van der Waals surface area contributed by atoms with Crippen LogP contribution in [0, 0.1) is 0 Å². The van der Waals surface area contributed by atoms with E-state index >= 15 is 0 Å². The monoisotopic (exact) mass is 273 g/mol. The van der Waals surface area contributed by atoms with Crippen LogP contribution < -0.4 is 0 Å². The Balaban J connectivity index is 1.97. The molecule has 0 N–H and O–H groups in total. The molecule has 0 radical (unpaired) electrons. The number of nitrogens with zero attached hydrogens (tertiary/aromatic N) is 1. The van der Waals surface area contributed by atoms with Gasteiger partial charge in [0, 0.05) is 19.2 Å². The predicted molar refractivity (Wildman–Crippen MR) is 61.7 cm³/mol.